The van der Waals surface area contributed by atoms with E-state index in [2.05, 4.69) is 34.5 Å². The second-order valence-electron chi connectivity index (χ2n) is 12.7. The van der Waals surface area contributed by atoms with Crippen molar-refractivity contribution in [2.24, 2.45) is 0 Å². The van der Waals surface area contributed by atoms with Gasteiger partial charge in [-0.05, 0) is 78.1 Å². The maximum atomic E-state index is 13.9. The first-order valence-corrected chi connectivity index (χ1v) is 19.0. The number of carbonyl (C=O) groups is 2. The van der Waals surface area contributed by atoms with E-state index in [1.807, 2.05) is 68.4 Å². The van der Waals surface area contributed by atoms with Gasteiger partial charge in [0.25, 0.3) is 5.78 Å². The number of aryl methyl sites for hydroxylation is 2. The zero-order chi connectivity index (χ0) is 37.6. The van der Waals surface area contributed by atoms with E-state index in [0.29, 0.717) is 51.7 Å². The number of benzene rings is 5. The number of aromatic nitrogens is 2. The van der Waals surface area contributed by atoms with E-state index in [4.69, 9.17) is 14.2 Å². The number of amides is 1. The summed E-state index contributed by atoms with van der Waals surface area (Å²) in [6.07, 6.45) is 0. The highest BCUT2D eigenvalue weighted by Gasteiger charge is 2.48. The van der Waals surface area contributed by atoms with Gasteiger partial charge in [-0.1, -0.05) is 114 Å². The lowest BCUT2D eigenvalue weighted by Crippen LogP contribution is -2.29. The van der Waals surface area contributed by atoms with E-state index in [0.717, 1.165) is 22.3 Å². The van der Waals surface area contributed by atoms with Gasteiger partial charge in [-0.25, -0.2) is 0 Å². The third kappa shape index (κ3) is 8.02. The first-order chi connectivity index (χ1) is 26.3. The molecule has 11 heteroatoms. The Kier molecular flexibility index (Phi) is 11.1. The lowest BCUT2D eigenvalue weighted by Gasteiger charge is -2.23. The number of ether oxygens (including phenoxy) is 3. The van der Waals surface area contributed by atoms with Gasteiger partial charge in [-0.2, -0.15) is 0 Å². The molecule has 1 aliphatic rings. The van der Waals surface area contributed by atoms with Crippen molar-refractivity contribution in [2.75, 3.05) is 12.0 Å². The molecule has 1 unspecified atom stereocenters. The van der Waals surface area contributed by atoms with Crippen LogP contribution in [-0.2, 0) is 28.6 Å². The van der Waals surface area contributed by atoms with E-state index < -0.39 is 17.7 Å². The third-order valence-electron chi connectivity index (χ3n) is 9.05. The van der Waals surface area contributed by atoms with Gasteiger partial charge in [0.2, 0.25) is 5.13 Å². The molecule has 1 aromatic heterocycles. The molecule has 0 spiro atoms. The lowest BCUT2D eigenvalue weighted by molar-refractivity contribution is -0.132. The van der Waals surface area contributed by atoms with Gasteiger partial charge < -0.3 is 19.3 Å². The molecule has 54 heavy (non-hydrogen) atoms. The molecule has 2 heterocycles. The summed E-state index contributed by atoms with van der Waals surface area (Å²) in [4.78, 5) is 29.2. The summed E-state index contributed by atoms with van der Waals surface area (Å²) in [5, 5.41) is 20.8. The van der Waals surface area contributed by atoms with Crippen LogP contribution in [0.25, 0.3) is 5.76 Å². The number of nitrogens with zero attached hydrogens (tertiary/aromatic N) is 3. The second kappa shape index (κ2) is 16.4. The van der Waals surface area contributed by atoms with E-state index in [-0.39, 0.29) is 16.5 Å². The van der Waals surface area contributed by atoms with Crippen LogP contribution in [0, 0.1) is 13.8 Å². The lowest BCUT2D eigenvalue weighted by atomic mass is 9.95. The molecular weight excluding hydrogens is 719 g/mol. The summed E-state index contributed by atoms with van der Waals surface area (Å²) < 4.78 is 18.5. The van der Waals surface area contributed by atoms with Gasteiger partial charge in [0.05, 0.1) is 18.7 Å². The predicted octanol–water partition coefficient (Wildman–Crippen LogP) is 9.24. The Hall–Kier alpha value is -5.91. The Morgan fingerprint density at radius 1 is 0.796 bits per heavy atom. The fraction of sp³-hybridized carbons (Fsp3) is 0.163. The Morgan fingerprint density at radius 3 is 2.28 bits per heavy atom. The summed E-state index contributed by atoms with van der Waals surface area (Å²) in [7, 11) is 1.52. The molecule has 1 aliphatic heterocycles. The van der Waals surface area contributed by atoms with Crippen LogP contribution in [0.15, 0.2) is 131 Å². The number of rotatable bonds is 13. The molecule has 5 aromatic carbocycles. The monoisotopic (exact) mass is 755 g/mol. The minimum atomic E-state index is -1.04. The summed E-state index contributed by atoms with van der Waals surface area (Å²) in [5.74, 6) is 0.132. The maximum Gasteiger partial charge on any atom is 0.301 e. The Morgan fingerprint density at radius 2 is 1.54 bits per heavy atom. The molecular formula is C43H37N3O6S2. The van der Waals surface area contributed by atoms with Gasteiger partial charge in [0, 0.05) is 11.3 Å². The van der Waals surface area contributed by atoms with Gasteiger partial charge in [-0.3, -0.25) is 14.5 Å². The number of hydrogen-bond acceptors (Lipinski definition) is 10. The van der Waals surface area contributed by atoms with E-state index in [9.17, 15) is 14.7 Å². The third-order valence-corrected chi connectivity index (χ3v) is 11.2. The average molecular weight is 756 g/mol. The summed E-state index contributed by atoms with van der Waals surface area (Å²) in [6.45, 7) is 4.76. The van der Waals surface area contributed by atoms with Crippen molar-refractivity contribution in [2.45, 2.75) is 43.2 Å². The van der Waals surface area contributed by atoms with Crippen LogP contribution in [-0.4, -0.2) is 34.1 Å². The van der Waals surface area contributed by atoms with Crippen LogP contribution < -0.4 is 19.1 Å². The molecule has 1 saturated heterocycles. The van der Waals surface area contributed by atoms with Crippen LogP contribution in [0.3, 0.4) is 0 Å². The standard InChI is InChI=1S/C43H37N3O6S2/c1-27-13-15-30(16-14-27)26-53-43-45-44-42(54-43)46-38(32-19-22-35(36(23-32)50-3)52-24-29-10-5-4-6-11-29)37(40(48)41(46)49)39(47)31-17-20-34(21-18-31)51-25-33-12-8-7-9-28(33)2/h4-23,38,47H,24-26H2,1-3H3. The molecule has 272 valence electrons. The highest BCUT2D eigenvalue weighted by atomic mass is 32.2. The van der Waals surface area contributed by atoms with Gasteiger partial charge in [-0.15, -0.1) is 10.2 Å². The topological polar surface area (TPSA) is 111 Å². The number of aliphatic hydroxyl groups excluding tert-OH is 1. The molecule has 1 N–H and O–H groups in total. The van der Waals surface area contributed by atoms with Crippen molar-refractivity contribution in [1.82, 2.24) is 10.2 Å². The first kappa shape index (κ1) is 36.4. The van der Waals surface area contributed by atoms with Crippen LogP contribution in [0.2, 0.25) is 0 Å². The molecule has 6 aromatic rings. The van der Waals surface area contributed by atoms with E-state index >= 15 is 0 Å². The Balaban J connectivity index is 1.22. The van der Waals surface area contributed by atoms with Crippen LogP contribution in [0.4, 0.5) is 5.13 Å². The Bertz CT molecular complexity index is 2310. The zero-order valence-corrected chi connectivity index (χ0v) is 31.5. The number of anilines is 1. The molecule has 1 amide bonds. The first-order valence-electron chi connectivity index (χ1n) is 17.2. The molecule has 1 atom stereocenters. The number of carbonyl (C=O) groups excluding carboxylic acids is 2. The molecule has 1 fully saturated rings. The SMILES string of the molecule is COc1cc(C2C(=C(O)c3ccc(OCc4ccccc4C)cc3)C(=O)C(=O)N2c2nnc(SCc3ccc(C)cc3)s2)ccc1OCc1ccccc1. The normalized spacial score (nSPS) is 15.0. The van der Waals surface area contributed by atoms with Crippen molar-refractivity contribution in [3.05, 3.63) is 166 Å². The maximum absolute atomic E-state index is 13.9. The van der Waals surface area contributed by atoms with Gasteiger partial charge in [0.1, 0.15) is 24.7 Å². The van der Waals surface area contributed by atoms with Gasteiger partial charge in [0.15, 0.2) is 15.8 Å². The average Bonchev–Trinajstić information content (AvgIpc) is 3.78. The highest BCUT2D eigenvalue weighted by molar-refractivity contribution is 8.00. The van der Waals surface area contributed by atoms with Crippen LogP contribution in [0.1, 0.15) is 45.0 Å². The summed E-state index contributed by atoms with van der Waals surface area (Å²) in [6, 6.07) is 36.9. The Labute approximate surface area is 321 Å². The number of Topliss-reactive ketones (excluding diaryl/α,β-unsaturated/α-hetero) is 1. The van der Waals surface area contributed by atoms with Crippen LogP contribution >= 0.6 is 23.1 Å². The summed E-state index contributed by atoms with van der Waals surface area (Å²) in [5.41, 5.74) is 6.24. The number of thioether (sulfide) groups is 1. The number of aliphatic hydroxyl groups is 1. The van der Waals surface area contributed by atoms with Crippen molar-refractivity contribution >= 4 is 45.7 Å². The number of ketones is 1. The fourth-order valence-electron chi connectivity index (χ4n) is 6.04. The molecule has 9 nitrogen and oxygen atoms in total. The fourth-order valence-corrected chi connectivity index (χ4v) is 7.86. The molecule has 0 saturated carbocycles. The second-order valence-corrected chi connectivity index (χ2v) is 14.9. The van der Waals surface area contributed by atoms with Crippen molar-refractivity contribution in [3.8, 4) is 17.2 Å². The molecule has 0 radical (unpaired) electrons. The number of hydrogen-bond donors (Lipinski definition) is 1. The molecule has 0 bridgehead atoms. The van der Waals surface area contributed by atoms with E-state index in [1.165, 1.54) is 40.7 Å². The minimum absolute atomic E-state index is 0.0855. The van der Waals surface area contributed by atoms with Crippen molar-refractivity contribution < 1.29 is 28.9 Å². The zero-order valence-electron chi connectivity index (χ0n) is 29.9. The highest BCUT2D eigenvalue weighted by Crippen LogP contribution is 2.46. The van der Waals surface area contributed by atoms with E-state index in [1.54, 1.807) is 42.5 Å². The minimum Gasteiger partial charge on any atom is -0.507 e. The quantitative estimate of drug-likeness (QED) is 0.0406. The van der Waals surface area contributed by atoms with Gasteiger partial charge >= 0.3 is 5.91 Å². The smallest absolute Gasteiger partial charge is 0.301 e. The molecule has 7 rings (SSSR count). The predicted molar refractivity (Wildman–Crippen MR) is 211 cm³/mol. The number of methoxy groups -OCH3 is 1. The van der Waals surface area contributed by atoms with Crippen molar-refractivity contribution in [3.63, 3.8) is 0 Å². The van der Waals surface area contributed by atoms with Crippen molar-refractivity contribution in [1.29, 1.82) is 0 Å². The molecule has 0 aliphatic carbocycles. The van der Waals surface area contributed by atoms with Crippen LogP contribution in [0.5, 0.6) is 17.2 Å². The summed E-state index contributed by atoms with van der Waals surface area (Å²) >= 11 is 2.70. The largest absolute Gasteiger partial charge is 0.507 e.